The van der Waals surface area contributed by atoms with E-state index in [1.165, 1.54) is 34.6 Å². The highest BCUT2D eigenvalue weighted by atomic mass is 16.7. The largest absolute Gasteiger partial charge is 0.393 e. The summed E-state index contributed by atoms with van der Waals surface area (Å²) in [6.07, 6.45) is 0. The molecule has 0 radical (unpaired) electrons. The van der Waals surface area contributed by atoms with Crippen LogP contribution in [0, 0.1) is 0 Å². The maximum atomic E-state index is 10.4. The van der Waals surface area contributed by atoms with Crippen LogP contribution in [-0.4, -0.2) is 60.3 Å². The van der Waals surface area contributed by atoms with E-state index >= 15 is 0 Å². The molecule has 0 aromatic rings. The number of aliphatic hydroxyl groups is 5. The zero-order chi connectivity index (χ0) is 13.9. The average molecular weight is 250 g/mol. The first-order valence-electron chi connectivity index (χ1n) is 5.47. The van der Waals surface area contributed by atoms with Crippen molar-refractivity contribution in [1.29, 1.82) is 0 Å². The third-order valence-electron chi connectivity index (χ3n) is 4.55. The molecule has 5 atom stereocenters. The van der Waals surface area contributed by atoms with Gasteiger partial charge in [0.25, 0.3) is 0 Å². The zero-order valence-electron chi connectivity index (χ0n) is 10.9. The summed E-state index contributed by atoms with van der Waals surface area (Å²) >= 11 is 0. The molecule has 1 aliphatic heterocycles. The highest BCUT2D eigenvalue weighted by Gasteiger charge is 2.73. The van der Waals surface area contributed by atoms with E-state index in [1.54, 1.807) is 0 Å². The number of aliphatic hydroxyl groups excluding tert-OH is 1. The highest BCUT2D eigenvalue weighted by Crippen LogP contribution is 2.52. The fourth-order valence-corrected chi connectivity index (χ4v) is 2.26. The summed E-state index contributed by atoms with van der Waals surface area (Å²) in [5.41, 5.74) is -7.76. The minimum atomic E-state index is -2.11. The van der Waals surface area contributed by atoms with Crippen molar-refractivity contribution in [3.8, 4) is 0 Å². The smallest absolute Gasteiger partial charge is 0.195 e. The lowest BCUT2D eigenvalue weighted by Gasteiger charge is -2.63. The predicted octanol–water partition coefficient (Wildman–Crippen LogP) is -1.27. The van der Waals surface area contributed by atoms with Gasteiger partial charge in [-0.3, -0.25) is 0 Å². The molecule has 1 fully saturated rings. The second-order valence-electron chi connectivity index (χ2n) is 5.69. The molecule has 17 heavy (non-hydrogen) atoms. The maximum Gasteiger partial charge on any atom is 0.195 e. The maximum absolute atomic E-state index is 10.4. The number of ether oxygens (including phenoxy) is 1. The van der Waals surface area contributed by atoms with Crippen molar-refractivity contribution in [3.63, 3.8) is 0 Å². The summed E-state index contributed by atoms with van der Waals surface area (Å²) < 4.78 is 5.22. The van der Waals surface area contributed by atoms with Gasteiger partial charge in [-0.05, 0) is 34.6 Å². The summed E-state index contributed by atoms with van der Waals surface area (Å²) in [6.45, 7) is 5.50. The first kappa shape index (κ1) is 14.8. The fourth-order valence-electron chi connectivity index (χ4n) is 2.26. The molecule has 0 spiro atoms. The molecule has 1 aliphatic rings. The van der Waals surface area contributed by atoms with Crippen molar-refractivity contribution in [3.05, 3.63) is 0 Å². The van der Waals surface area contributed by atoms with Gasteiger partial charge in [0, 0.05) is 0 Å². The Hall–Kier alpha value is -0.240. The molecule has 102 valence electrons. The van der Waals surface area contributed by atoms with E-state index in [1.807, 2.05) is 0 Å². The van der Waals surface area contributed by atoms with E-state index in [-0.39, 0.29) is 0 Å². The first-order valence-corrected chi connectivity index (χ1v) is 5.47. The molecule has 1 rings (SSSR count). The molecule has 0 aliphatic carbocycles. The lowest BCUT2D eigenvalue weighted by molar-refractivity contribution is -0.449. The Morgan fingerprint density at radius 1 is 0.765 bits per heavy atom. The van der Waals surface area contributed by atoms with Crippen LogP contribution in [0.25, 0.3) is 0 Å². The second-order valence-corrected chi connectivity index (χ2v) is 5.69. The molecular formula is C11H22O6. The van der Waals surface area contributed by atoms with Crippen molar-refractivity contribution < 1.29 is 30.3 Å². The standard InChI is InChI=1S/C11H22O6/c1-7(6-12)8(2,13)9(3,14)10(4,15)11(5,16)17-7/h12-16H,6H2,1-5H3/t7?,8-,9+,10?,11+/m0/s1. The molecule has 0 saturated carbocycles. The van der Waals surface area contributed by atoms with Crippen LogP contribution in [0.2, 0.25) is 0 Å². The normalized spacial score (nSPS) is 60.4. The summed E-state index contributed by atoms with van der Waals surface area (Å²) in [4.78, 5) is 0. The molecule has 0 amide bonds. The highest BCUT2D eigenvalue weighted by molar-refractivity contribution is 5.21. The van der Waals surface area contributed by atoms with E-state index < -0.39 is 34.8 Å². The van der Waals surface area contributed by atoms with Gasteiger partial charge in [-0.15, -0.1) is 0 Å². The van der Waals surface area contributed by atoms with Crippen LogP contribution in [-0.2, 0) is 4.74 Å². The van der Waals surface area contributed by atoms with E-state index in [0.717, 1.165) is 0 Å². The Balaban J connectivity index is 3.46. The van der Waals surface area contributed by atoms with Gasteiger partial charge < -0.3 is 30.3 Å². The van der Waals surface area contributed by atoms with Crippen LogP contribution in [0.5, 0.6) is 0 Å². The summed E-state index contributed by atoms with van der Waals surface area (Å²) in [5, 5.41) is 50.4. The summed E-state index contributed by atoms with van der Waals surface area (Å²) in [6, 6.07) is 0. The van der Waals surface area contributed by atoms with Crippen molar-refractivity contribution in [1.82, 2.24) is 0 Å². The average Bonchev–Trinajstić information content (AvgIpc) is 2.14. The lowest BCUT2D eigenvalue weighted by atomic mass is 9.61. The number of hydrogen-bond acceptors (Lipinski definition) is 6. The molecule has 2 unspecified atom stereocenters. The third kappa shape index (κ3) is 1.49. The van der Waals surface area contributed by atoms with E-state index in [4.69, 9.17) is 4.74 Å². The van der Waals surface area contributed by atoms with Gasteiger partial charge in [-0.2, -0.15) is 0 Å². The van der Waals surface area contributed by atoms with Crippen LogP contribution >= 0.6 is 0 Å². The van der Waals surface area contributed by atoms with Gasteiger partial charge in [-0.1, -0.05) is 0 Å². The van der Waals surface area contributed by atoms with Gasteiger partial charge >= 0.3 is 0 Å². The fraction of sp³-hybridized carbons (Fsp3) is 1.00. The monoisotopic (exact) mass is 250 g/mol. The van der Waals surface area contributed by atoms with Crippen LogP contribution in [0.4, 0.5) is 0 Å². The van der Waals surface area contributed by atoms with Crippen molar-refractivity contribution in [2.45, 2.75) is 62.8 Å². The molecule has 0 aromatic heterocycles. The summed E-state index contributed by atoms with van der Waals surface area (Å²) in [7, 11) is 0. The minimum absolute atomic E-state index is 0.623. The van der Waals surface area contributed by atoms with Crippen LogP contribution < -0.4 is 0 Å². The van der Waals surface area contributed by atoms with Gasteiger partial charge in [0.1, 0.15) is 22.4 Å². The van der Waals surface area contributed by atoms with E-state index in [0.29, 0.717) is 0 Å². The van der Waals surface area contributed by atoms with Crippen molar-refractivity contribution >= 4 is 0 Å². The Morgan fingerprint density at radius 2 is 1.18 bits per heavy atom. The molecule has 0 bridgehead atoms. The number of rotatable bonds is 1. The zero-order valence-corrected chi connectivity index (χ0v) is 10.9. The van der Waals surface area contributed by atoms with Crippen LogP contribution in [0.15, 0.2) is 0 Å². The third-order valence-corrected chi connectivity index (χ3v) is 4.55. The van der Waals surface area contributed by atoms with E-state index in [2.05, 4.69) is 0 Å². The van der Waals surface area contributed by atoms with Crippen LogP contribution in [0.3, 0.4) is 0 Å². The van der Waals surface area contributed by atoms with Gasteiger partial charge in [0.05, 0.1) is 6.61 Å². The van der Waals surface area contributed by atoms with Crippen molar-refractivity contribution in [2.24, 2.45) is 0 Å². The molecule has 5 N–H and O–H groups in total. The summed E-state index contributed by atoms with van der Waals surface area (Å²) in [5.74, 6) is -2.11. The SMILES string of the molecule is CC1(CO)O[C@@](C)(O)C(C)(O)[C@](C)(O)[C@@]1(C)O. The minimum Gasteiger partial charge on any atom is -0.393 e. The molecule has 1 heterocycles. The number of hydrogen-bond donors (Lipinski definition) is 5. The Bertz CT molecular complexity index is 320. The van der Waals surface area contributed by atoms with E-state index in [9.17, 15) is 25.5 Å². The quantitative estimate of drug-likeness (QED) is 0.397. The predicted molar refractivity (Wildman–Crippen MR) is 59.1 cm³/mol. The molecule has 6 nitrogen and oxygen atoms in total. The van der Waals surface area contributed by atoms with Gasteiger partial charge in [0.15, 0.2) is 5.79 Å². The molecule has 0 aromatic carbocycles. The molecule has 1 saturated heterocycles. The lowest BCUT2D eigenvalue weighted by Crippen LogP contribution is -2.84. The van der Waals surface area contributed by atoms with Gasteiger partial charge in [-0.25, -0.2) is 0 Å². The Morgan fingerprint density at radius 3 is 1.53 bits per heavy atom. The second kappa shape index (κ2) is 3.40. The topological polar surface area (TPSA) is 110 Å². The first-order chi connectivity index (χ1) is 7.27. The van der Waals surface area contributed by atoms with Crippen LogP contribution in [0.1, 0.15) is 34.6 Å². The molecule has 6 heteroatoms. The van der Waals surface area contributed by atoms with Crippen molar-refractivity contribution in [2.75, 3.05) is 6.61 Å². The Labute approximate surface area is 100 Å². The van der Waals surface area contributed by atoms with Gasteiger partial charge in [0.2, 0.25) is 0 Å². The Kier molecular flexibility index (Phi) is 2.97. The molecular weight excluding hydrogens is 228 g/mol.